The number of thiazole rings is 1. The summed E-state index contributed by atoms with van der Waals surface area (Å²) >= 11 is 1.73. The fourth-order valence-corrected chi connectivity index (χ4v) is 2.96. The molecule has 2 N–H and O–H groups in total. The van der Waals surface area contributed by atoms with Gasteiger partial charge in [-0.15, -0.1) is 35.3 Å². The highest BCUT2D eigenvalue weighted by Crippen LogP contribution is 2.14. The van der Waals surface area contributed by atoms with Crippen LogP contribution in [0.25, 0.3) is 0 Å². The molecule has 0 saturated carbocycles. The highest BCUT2D eigenvalue weighted by molar-refractivity contribution is 14.0. The number of aliphatic imine (C=N–C) groups is 1. The van der Waals surface area contributed by atoms with Crippen LogP contribution < -0.4 is 10.6 Å². The summed E-state index contributed by atoms with van der Waals surface area (Å²) in [5.74, 6) is 1.96. The molecule has 0 aromatic carbocycles. The molecule has 25 heavy (non-hydrogen) atoms. The zero-order valence-electron chi connectivity index (χ0n) is 15.3. The molecule has 0 spiro atoms. The van der Waals surface area contributed by atoms with E-state index in [1.165, 1.54) is 5.01 Å². The Kier molecular flexibility index (Phi) is 10.0. The van der Waals surface area contributed by atoms with Crippen LogP contribution in [0.15, 0.2) is 21.0 Å². The molecule has 2 aromatic heterocycles. The molecule has 0 aliphatic heterocycles. The molecule has 0 aliphatic carbocycles. The first kappa shape index (κ1) is 21.9. The molecule has 2 rings (SSSR count). The van der Waals surface area contributed by atoms with E-state index in [0.717, 1.165) is 49.0 Å². The van der Waals surface area contributed by atoms with E-state index in [-0.39, 0.29) is 24.0 Å². The van der Waals surface area contributed by atoms with Crippen molar-refractivity contribution in [3.63, 3.8) is 0 Å². The highest BCUT2D eigenvalue weighted by Gasteiger charge is 2.07. The summed E-state index contributed by atoms with van der Waals surface area (Å²) in [5.41, 5.74) is 2.07. The molecule has 0 unspecified atom stereocenters. The third-order valence-corrected chi connectivity index (χ3v) is 4.46. The minimum Gasteiger partial charge on any atom is -0.359 e. The lowest BCUT2D eigenvalue weighted by Crippen LogP contribution is -2.37. The maximum atomic E-state index is 5.32. The third-order valence-electron chi connectivity index (χ3n) is 3.43. The van der Waals surface area contributed by atoms with Crippen LogP contribution in [0.2, 0.25) is 0 Å². The number of hydrogen-bond donors (Lipinski definition) is 2. The van der Waals surface area contributed by atoms with Gasteiger partial charge in [0.15, 0.2) is 11.7 Å². The quantitative estimate of drug-likeness (QED) is 0.261. The van der Waals surface area contributed by atoms with Gasteiger partial charge in [-0.25, -0.2) is 9.98 Å². The second-order valence-electron chi connectivity index (χ2n) is 5.98. The molecule has 140 valence electrons. The van der Waals surface area contributed by atoms with Crippen LogP contribution >= 0.6 is 35.3 Å². The van der Waals surface area contributed by atoms with Crippen molar-refractivity contribution in [3.8, 4) is 0 Å². The van der Waals surface area contributed by atoms with E-state index < -0.39 is 0 Å². The van der Waals surface area contributed by atoms with Gasteiger partial charge >= 0.3 is 0 Å². The average molecular weight is 477 g/mol. The Morgan fingerprint density at radius 2 is 2.16 bits per heavy atom. The SMILES string of the molecule is CCNC(=NCc1cc(C(C)C)no1)NCCCc1nc(C)cs1.I. The van der Waals surface area contributed by atoms with Crippen molar-refractivity contribution in [2.75, 3.05) is 13.1 Å². The predicted molar refractivity (Wildman–Crippen MR) is 114 cm³/mol. The van der Waals surface area contributed by atoms with Gasteiger partial charge in [-0.3, -0.25) is 0 Å². The van der Waals surface area contributed by atoms with E-state index in [4.69, 9.17) is 4.52 Å². The van der Waals surface area contributed by atoms with Gasteiger partial charge in [-0.1, -0.05) is 19.0 Å². The monoisotopic (exact) mass is 477 g/mol. The summed E-state index contributed by atoms with van der Waals surface area (Å²) < 4.78 is 5.32. The van der Waals surface area contributed by atoms with Crippen LogP contribution in [0.4, 0.5) is 0 Å². The van der Waals surface area contributed by atoms with Crippen molar-refractivity contribution in [1.29, 1.82) is 0 Å². The summed E-state index contributed by atoms with van der Waals surface area (Å²) in [5, 5.41) is 13.9. The lowest BCUT2D eigenvalue weighted by molar-refractivity contribution is 0.376. The van der Waals surface area contributed by atoms with Crippen LogP contribution in [-0.4, -0.2) is 29.2 Å². The summed E-state index contributed by atoms with van der Waals surface area (Å²) in [6, 6.07) is 1.97. The number of halogens is 1. The number of guanidine groups is 1. The molecule has 6 nitrogen and oxygen atoms in total. The van der Waals surface area contributed by atoms with Crippen molar-refractivity contribution < 1.29 is 4.52 Å². The van der Waals surface area contributed by atoms with Crippen molar-refractivity contribution >= 4 is 41.3 Å². The average Bonchev–Trinajstić information content (AvgIpc) is 3.18. The van der Waals surface area contributed by atoms with Gasteiger partial charge in [-0.05, 0) is 26.2 Å². The Labute approximate surface area is 170 Å². The highest BCUT2D eigenvalue weighted by atomic mass is 127. The molecule has 0 saturated heterocycles. The normalized spacial score (nSPS) is 11.5. The molecule has 0 bridgehead atoms. The summed E-state index contributed by atoms with van der Waals surface area (Å²) in [6.07, 6.45) is 2.02. The van der Waals surface area contributed by atoms with E-state index in [0.29, 0.717) is 12.5 Å². The standard InChI is InChI=1S/C17H27N5OS.HI/c1-5-18-17(19-8-6-7-16-21-13(4)11-24-16)20-10-14-9-15(12(2)3)22-23-14;/h9,11-12H,5-8,10H2,1-4H3,(H2,18,19,20);1H. The molecular formula is C17H28IN5OS. The predicted octanol–water partition coefficient (Wildman–Crippen LogP) is 3.87. The van der Waals surface area contributed by atoms with Crippen LogP contribution in [0.3, 0.4) is 0 Å². The number of nitrogens with zero attached hydrogens (tertiary/aromatic N) is 3. The molecule has 0 fully saturated rings. The summed E-state index contributed by atoms with van der Waals surface area (Å²) in [6.45, 7) is 10.5. The Bertz CT molecular complexity index is 653. The molecule has 0 atom stereocenters. The topological polar surface area (TPSA) is 75.3 Å². The molecule has 2 aromatic rings. The van der Waals surface area contributed by atoms with Gasteiger partial charge in [0.1, 0.15) is 6.54 Å². The molecule has 8 heteroatoms. The van der Waals surface area contributed by atoms with Gasteiger partial charge < -0.3 is 15.2 Å². The van der Waals surface area contributed by atoms with Crippen LogP contribution in [-0.2, 0) is 13.0 Å². The second kappa shape index (κ2) is 11.5. The van der Waals surface area contributed by atoms with Gasteiger partial charge in [-0.2, -0.15) is 0 Å². The van der Waals surface area contributed by atoms with E-state index in [9.17, 15) is 0 Å². The van der Waals surface area contributed by atoms with E-state index >= 15 is 0 Å². The van der Waals surface area contributed by atoms with E-state index in [2.05, 4.69) is 51.9 Å². The second-order valence-corrected chi connectivity index (χ2v) is 6.92. The number of nitrogens with one attached hydrogen (secondary N) is 2. The van der Waals surface area contributed by atoms with E-state index in [1.54, 1.807) is 11.3 Å². The largest absolute Gasteiger partial charge is 0.359 e. The number of aryl methyl sites for hydroxylation is 2. The first-order valence-electron chi connectivity index (χ1n) is 8.47. The molecule has 0 aliphatic rings. The number of rotatable bonds is 8. The van der Waals surface area contributed by atoms with Gasteiger partial charge in [0.2, 0.25) is 0 Å². The number of aromatic nitrogens is 2. The van der Waals surface area contributed by atoms with Gasteiger partial charge in [0.25, 0.3) is 0 Å². The molecule has 0 amide bonds. The van der Waals surface area contributed by atoms with Crippen LogP contribution in [0, 0.1) is 6.92 Å². The van der Waals surface area contributed by atoms with Crippen LogP contribution in [0.1, 0.15) is 55.3 Å². The first-order valence-corrected chi connectivity index (χ1v) is 9.35. The third kappa shape index (κ3) is 7.72. The van der Waals surface area contributed by atoms with Crippen molar-refractivity contribution in [2.45, 2.75) is 53.0 Å². The van der Waals surface area contributed by atoms with Crippen molar-refractivity contribution in [2.24, 2.45) is 4.99 Å². The zero-order valence-corrected chi connectivity index (χ0v) is 18.5. The Morgan fingerprint density at radius 3 is 2.76 bits per heavy atom. The Morgan fingerprint density at radius 1 is 1.36 bits per heavy atom. The van der Waals surface area contributed by atoms with Crippen molar-refractivity contribution in [1.82, 2.24) is 20.8 Å². The lowest BCUT2D eigenvalue weighted by Gasteiger charge is -2.10. The van der Waals surface area contributed by atoms with E-state index in [1.807, 2.05) is 13.0 Å². The lowest BCUT2D eigenvalue weighted by atomic mass is 10.1. The smallest absolute Gasteiger partial charge is 0.191 e. The Hall–Kier alpha value is -1.16. The number of hydrogen-bond acceptors (Lipinski definition) is 5. The molecule has 2 heterocycles. The van der Waals surface area contributed by atoms with Gasteiger partial charge in [0, 0.05) is 36.7 Å². The maximum absolute atomic E-state index is 5.32. The Balaban J connectivity index is 0.00000312. The fourth-order valence-electron chi connectivity index (χ4n) is 2.14. The summed E-state index contributed by atoms with van der Waals surface area (Å²) in [4.78, 5) is 9.03. The zero-order chi connectivity index (χ0) is 17.4. The van der Waals surface area contributed by atoms with Crippen LogP contribution in [0.5, 0.6) is 0 Å². The minimum atomic E-state index is 0. The maximum Gasteiger partial charge on any atom is 0.191 e. The minimum absolute atomic E-state index is 0. The first-order chi connectivity index (χ1) is 11.6. The molecule has 0 radical (unpaired) electrons. The van der Waals surface area contributed by atoms with Gasteiger partial charge in [0.05, 0.1) is 10.7 Å². The van der Waals surface area contributed by atoms with Crippen molar-refractivity contribution in [3.05, 3.63) is 33.6 Å². The fraction of sp³-hybridized carbons (Fsp3) is 0.588. The molecular weight excluding hydrogens is 449 g/mol. The summed E-state index contributed by atoms with van der Waals surface area (Å²) in [7, 11) is 0.